The maximum absolute atomic E-state index is 11.7. The summed E-state index contributed by atoms with van der Waals surface area (Å²) in [5, 5.41) is 0.526. The van der Waals surface area contributed by atoms with E-state index in [0.717, 1.165) is 0 Å². The van der Waals surface area contributed by atoms with E-state index in [1.54, 1.807) is 32.0 Å². The molecule has 2 aliphatic heterocycles. The van der Waals surface area contributed by atoms with Gasteiger partial charge in [0.15, 0.2) is 17.4 Å². The Bertz CT molecular complexity index is 952. The van der Waals surface area contributed by atoms with Crippen LogP contribution in [-0.2, 0) is 18.9 Å². The number of fused-ring (bicyclic) bond motifs is 2. The summed E-state index contributed by atoms with van der Waals surface area (Å²) >= 11 is 0. The minimum atomic E-state index is -1.01. The Morgan fingerprint density at radius 3 is 2.69 bits per heavy atom. The summed E-state index contributed by atoms with van der Waals surface area (Å²) in [5.41, 5.74) is -1.44. The third-order valence-electron chi connectivity index (χ3n) is 4.51. The highest BCUT2D eigenvalue weighted by atomic mass is 16.8. The molecule has 4 rings (SSSR count). The zero-order chi connectivity index (χ0) is 19.3. The van der Waals surface area contributed by atoms with Gasteiger partial charge >= 0.3 is 11.8 Å². The van der Waals surface area contributed by atoms with Crippen molar-refractivity contribution >= 4 is 17.1 Å². The van der Waals surface area contributed by atoms with Crippen LogP contribution in [0.25, 0.3) is 11.0 Å². The van der Waals surface area contributed by atoms with E-state index in [1.807, 2.05) is 0 Å². The highest BCUT2D eigenvalue weighted by molar-refractivity contribution is 5.82. The van der Waals surface area contributed by atoms with Crippen molar-refractivity contribution in [2.45, 2.75) is 44.1 Å². The van der Waals surface area contributed by atoms with Crippen molar-refractivity contribution in [3.63, 3.8) is 0 Å². The van der Waals surface area contributed by atoms with E-state index in [0.29, 0.717) is 5.39 Å². The topological polar surface area (TPSA) is 93.4 Å². The molecule has 1 aromatic heterocycles. The molecule has 2 fully saturated rings. The Hall–Kier alpha value is -2.58. The number of para-hydroxylation sites is 1. The van der Waals surface area contributed by atoms with E-state index in [4.69, 9.17) is 29.5 Å². The molecule has 2 aromatic rings. The minimum absolute atomic E-state index is 0.176. The van der Waals surface area contributed by atoms with Crippen LogP contribution in [0.2, 0.25) is 0 Å². The number of hydrogen-bond acceptors (Lipinski definition) is 8. The van der Waals surface area contributed by atoms with Crippen LogP contribution in [0.4, 0.5) is 4.79 Å². The molecule has 138 valence electrons. The van der Waals surface area contributed by atoms with Crippen molar-refractivity contribution in [3.05, 3.63) is 40.7 Å². The molecule has 8 nitrogen and oxygen atoms in total. The van der Waals surface area contributed by atoms with Crippen molar-refractivity contribution in [1.29, 1.82) is 0 Å². The van der Waals surface area contributed by atoms with Gasteiger partial charge in [-0.25, -0.2) is 9.59 Å². The maximum Gasteiger partial charge on any atom is 0.509 e. The van der Waals surface area contributed by atoms with E-state index < -0.39 is 42.0 Å². The quantitative estimate of drug-likeness (QED) is 0.605. The van der Waals surface area contributed by atoms with Crippen LogP contribution < -0.4 is 10.4 Å². The number of carbonyl (C=O) groups excluding carboxylic acids is 1. The first-order valence-electron chi connectivity index (χ1n) is 8.58. The van der Waals surface area contributed by atoms with Gasteiger partial charge in [0.05, 0.1) is 6.97 Å². The lowest BCUT2D eigenvalue weighted by atomic mass is 9.89. The molecule has 3 heterocycles. The molecule has 0 bridgehead atoms. The number of rotatable bonds is 3. The first-order chi connectivity index (χ1) is 12.8. The molecular weight excluding hydrogens is 344 g/mol. The SMILES string of the molecule is [2H]c1cc2cccc(OC3OC(C)(C)C(OC)C4OC(=O)OC34)c2oc1=O. The van der Waals surface area contributed by atoms with Crippen LogP contribution >= 0.6 is 0 Å². The van der Waals surface area contributed by atoms with Crippen molar-refractivity contribution in [2.75, 3.05) is 7.11 Å². The van der Waals surface area contributed by atoms with Gasteiger partial charge in [-0.15, -0.1) is 0 Å². The van der Waals surface area contributed by atoms with Crippen LogP contribution in [-0.4, -0.2) is 43.5 Å². The van der Waals surface area contributed by atoms with Gasteiger partial charge in [-0.05, 0) is 26.0 Å². The number of methoxy groups -OCH3 is 1. The first kappa shape index (κ1) is 15.7. The molecule has 0 aliphatic carbocycles. The van der Waals surface area contributed by atoms with Gasteiger partial charge in [0.2, 0.25) is 12.4 Å². The zero-order valence-corrected chi connectivity index (χ0v) is 14.4. The number of benzene rings is 1. The summed E-state index contributed by atoms with van der Waals surface area (Å²) in [6, 6.07) is 6.12. The third-order valence-corrected chi connectivity index (χ3v) is 4.51. The summed E-state index contributed by atoms with van der Waals surface area (Å²) in [5.74, 6) is 0.225. The molecule has 1 aromatic carbocycles. The standard InChI is InChI=1S/C18H18O8/c1-18(2)15(21-3)13-14(25-17(20)24-13)16(26-18)22-10-6-4-5-9-7-8-11(19)23-12(9)10/h4-8,13-16H,1-3H3/i8D. The lowest BCUT2D eigenvalue weighted by Crippen LogP contribution is -2.62. The molecule has 8 heteroatoms. The van der Waals surface area contributed by atoms with Gasteiger partial charge in [-0.2, -0.15) is 0 Å². The maximum atomic E-state index is 11.7. The average Bonchev–Trinajstić information content (AvgIpc) is 2.97. The van der Waals surface area contributed by atoms with E-state index in [-0.39, 0.29) is 17.4 Å². The second kappa shape index (κ2) is 6.00. The number of carbonyl (C=O) groups is 1. The van der Waals surface area contributed by atoms with Crippen molar-refractivity contribution in [3.8, 4) is 5.75 Å². The molecule has 0 radical (unpaired) electrons. The van der Waals surface area contributed by atoms with Crippen molar-refractivity contribution in [1.82, 2.24) is 0 Å². The van der Waals surface area contributed by atoms with Gasteiger partial charge in [0.1, 0.15) is 6.10 Å². The van der Waals surface area contributed by atoms with E-state index in [9.17, 15) is 9.59 Å². The normalized spacial score (nSPS) is 30.3. The Balaban J connectivity index is 1.72. The minimum Gasteiger partial charge on any atom is -0.457 e. The molecule has 0 saturated carbocycles. The third kappa shape index (κ3) is 2.71. The fourth-order valence-corrected chi connectivity index (χ4v) is 3.40. The molecule has 4 atom stereocenters. The van der Waals surface area contributed by atoms with E-state index in [1.165, 1.54) is 13.2 Å². The Kier molecular flexibility index (Phi) is 3.61. The van der Waals surface area contributed by atoms with Crippen LogP contribution in [0.3, 0.4) is 0 Å². The fraction of sp³-hybridized carbons (Fsp3) is 0.444. The van der Waals surface area contributed by atoms with Gasteiger partial charge < -0.3 is 28.1 Å². The molecule has 2 saturated heterocycles. The molecular formula is C18H18O8. The molecule has 2 aliphatic rings. The van der Waals surface area contributed by atoms with Crippen molar-refractivity contribution in [2.24, 2.45) is 0 Å². The summed E-state index contributed by atoms with van der Waals surface area (Å²) in [7, 11) is 1.50. The van der Waals surface area contributed by atoms with E-state index in [2.05, 4.69) is 0 Å². The van der Waals surface area contributed by atoms with Gasteiger partial charge in [-0.3, -0.25) is 0 Å². The summed E-state index contributed by atoms with van der Waals surface area (Å²) in [6.07, 6.45) is -3.95. The molecule has 0 N–H and O–H groups in total. The van der Waals surface area contributed by atoms with Gasteiger partial charge in [0.25, 0.3) is 0 Å². The summed E-state index contributed by atoms with van der Waals surface area (Å²) in [4.78, 5) is 23.4. The van der Waals surface area contributed by atoms with Gasteiger partial charge in [0, 0.05) is 18.5 Å². The fourth-order valence-electron chi connectivity index (χ4n) is 3.40. The van der Waals surface area contributed by atoms with Gasteiger partial charge in [-0.1, -0.05) is 12.1 Å². The van der Waals surface area contributed by atoms with E-state index >= 15 is 0 Å². The Morgan fingerprint density at radius 1 is 1.15 bits per heavy atom. The molecule has 0 spiro atoms. The van der Waals surface area contributed by atoms with Crippen LogP contribution in [0.5, 0.6) is 5.75 Å². The zero-order valence-electron chi connectivity index (χ0n) is 15.4. The second-order valence-corrected chi connectivity index (χ2v) is 6.63. The Morgan fingerprint density at radius 2 is 1.92 bits per heavy atom. The predicted octanol–water partition coefficient (Wildman–Crippen LogP) is 2.23. The summed E-state index contributed by atoms with van der Waals surface area (Å²) < 4.78 is 40.6. The lowest BCUT2D eigenvalue weighted by molar-refractivity contribution is -0.282. The monoisotopic (exact) mass is 363 g/mol. The lowest BCUT2D eigenvalue weighted by Gasteiger charge is -2.44. The number of hydrogen-bond donors (Lipinski definition) is 0. The highest BCUT2D eigenvalue weighted by Gasteiger charge is 2.58. The van der Waals surface area contributed by atoms with Crippen molar-refractivity contribution < 1.29 is 34.3 Å². The largest absolute Gasteiger partial charge is 0.509 e. The molecule has 26 heavy (non-hydrogen) atoms. The number of ether oxygens (including phenoxy) is 5. The Labute approximate surface area is 149 Å². The predicted molar refractivity (Wildman–Crippen MR) is 88.0 cm³/mol. The van der Waals surface area contributed by atoms with Crippen LogP contribution in [0, 0.1) is 0 Å². The smallest absolute Gasteiger partial charge is 0.457 e. The highest BCUT2D eigenvalue weighted by Crippen LogP contribution is 2.39. The average molecular weight is 363 g/mol. The van der Waals surface area contributed by atoms with Crippen LogP contribution in [0.1, 0.15) is 15.2 Å². The first-order valence-corrected chi connectivity index (χ1v) is 8.08. The van der Waals surface area contributed by atoms with Crippen LogP contribution in [0.15, 0.2) is 39.5 Å². The summed E-state index contributed by atoms with van der Waals surface area (Å²) in [6.45, 7) is 3.57. The second-order valence-electron chi connectivity index (χ2n) is 6.63. The molecule has 4 unspecified atom stereocenters. The molecule has 0 amide bonds.